The molecule has 0 bridgehead atoms. The summed E-state index contributed by atoms with van der Waals surface area (Å²) in [4.78, 5) is 26.0. The number of likely N-dealkylation sites (N-methyl/N-ethyl adjacent to an activating group) is 1. The summed E-state index contributed by atoms with van der Waals surface area (Å²) in [6, 6.07) is 0. The molecule has 0 aromatic carbocycles. The van der Waals surface area contributed by atoms with E-state index in [2.05, 4.69) is 10.6 Å². The first-order valence-electron chi connectivity index (χ1n) is 7.31. The van der Waals surface area contributed by atoms with Crippen LogP contribution in [0.2, 0.25) is 0 Å². The Morgan fingerprint density at radius 1 is 1.35 bits per heavy atom. The molecule has 1 aliphatic heterocycles. The number of amides is 2. The van der Waals surface area contributed by atoms with E-state index in [1.165, 1.54) is 0 Å². The number of rotatable bonds is 6. The Balaban J connectivity index is 0.00000361. The summed E-state index contributed by atoms with van der Waals surface area (Å²) in [5.41, 5.74) is 0. The molecule has 2 atom stereocenters. The highest BCUT2D eigenvalue weighted by Crippen LogP contribution is 2.19. The number of nitrogens with zero attached hydrogens (tertiary/aromatic N) is 1. The van der Waals surface area contributed by atoms with Crippen LogP contribution in [0.25, 0.3) is 0 Å². The molecule has 5 nitrogen and oxygen atoms in total. The fourth-order valence-corrected chi connectivity index (χ4v) is 2.33. The molecular formula is C14H28ClN3O2. The molecule has 0 radical (unpaired) electrons. The smallest absolute Gasteiger partial charge is 0.225 e. The van der Waals surface area contributed by atoms with Crippen LogP contribution in [0.15, 0.2) is 0 Å². The largest absolute Gasteiger partial charge is 0.355 e. The maximum absolute atomic E-state index is 12.1. The average molecular weight is 306 g/mol. The molecule has 0 spiro atoms. The average Bonchev–Trinajstić information content (AvgIpc) is 2.45. The van der Waals surface area contributed by atoms with Gasteiger partial charge >= 0.3 is 0 Å². The number of carbonyl (C=O) groups excluding carboxylic acids is 2. The second kappa shape index (κ2) is 10.00. The number of likely N-dealkylation sites (tertiary alicyclic amines) is 1. The Morgan fingerprint density at radius 3 is 2.65 bits per heavy atom. The minimum atomic E-state index is -0.0430. The van der Waals surface area contributed by atoms with E-state index < -0.39 is 0 Å². The first kappa shape index (κ1) is 19.2. The molecule has 1 fully saturated rings. The predicted molar refractivity (Wildman–Crippen MR) is 82.9 cm³/mol. The van der Waals surface area contributed by atoms with Crippen LogP contribution in [0.4, 0.5) is 0 Å². The number of halogens is 1. The number of nitrogens with one attached hydrogen (secondary N) is 2. The highest BCUT2D eigenvalue weighted by molar-refractivity contribution is 5.85. The number of hydrogen-bond donors (Lipinski definition) is 2. The zero-order valence-electron chi connectivity index (χ0n) is 12.8. The first-order chi connectivity index (χ1) is 9.10. The number of carbonyl (C=O) groups is 2. The molecule has 1 heterocycles. The van der Waals surface area contributed by atoms with E-state index in [9.17, 15) is 9.59 Å². The topological polar surface area (TPSA) is 61.4 Å². The Bertz CT molecular complexity index is 313. The van der Waals surface area contributed by atoms with Crippen molar-refractivity contribution in [3.63, 3.8) is 0 Å². The molecule has 0 aromatic heterocycles. The number of piperidine rings is 1. The van der Waals surface area contributed by atoms with Crippen molar-refractivity contribution in [2.75, 3.05) is 33.2 Å². The Hall–Kier alpha value is -0.810. The molecular weight excluding hydrogens is 278 g/mol. The lowest BCUT2D eigenvalue weighted by atomic mass is 9.95. The lowest BCUT2D eigenvalue weighted by molar-refractivity contribution is -0.138. The molecule has 2 N–H and O–H groups in total. The fraction of sp³-hybridized carbons (Fsp3) is 0.857. The van der Waals surface area contributed by atoms with Gasteiger partial charge in [0.2, 0.25) is 11.8 Å². The molecule has 0 aromatic rings. The van der Waals surface area contributed by atoms with E-state index in [1.54, 1.807) is 0 Å². The monoisotopic (exact) mass is 305 g/mol. The van der Waals surface area contributed by atoms with Crippen LogP contribution in [-0.2, 0) is 9.59 Å². The fourth-order valence-electron chi connectivity index (χ4n) is 2.33. The van der Waals surface area contributed by atoms with Gasteiger partial charge < -0.3 is 15.5 Å². The maximum atomic E-state index is 12.1. The summed E-state index contributed by atoms with van der Waals surface area (Å²) in [6.07, 6.45) is 2.66. The summed E-state index contributed by atoms with van der Waals surface area (Å²) in [5, 5.41) is 5.91. The zero-order chi connectivity index (χ0) is 14.3. The summed E-state index contributed by atoms with van der Waals surface area (Å²) in [5.74, 6) is 0.289. The molecule has 0 saturated carbocycles. The van der Waals surface area contributed by atoms with Gasteiger partial charge in [0.05, 0.1) is 5.92 Å². The van der Waals surface area contributed by atoms with Crippen LogP contribution in [0, 0.1) is 11.8 Å². The van der Waals surface area contributed by atoms with Crippen LogP contribution < -0.4 is 10.6 Å². The van der Waals surface area contributed by atoms with Crippen molar-refractivity contribution in [1.29, 1.82) is 0 Å². The standard InChI is InChI=1S/C14H27N3O2.ClH/c1-4-11(2)14(19)17-9-5-6-12(10-17)13(18)16-8-7-15-3;/h11-12,15H,4-10H2,1-3H3,(H,16,18);1H. The van der Waals surface area contributed by atoms with Gasteiger partial charge in [0.15, 0.2) is 0 Å². The normalized spacial score (nSPS) is 19.9. The van der Waals surface area contributed by atoms with Crippen LogP contribution in [0.5, 0.6) is 0 Å². The van der Waals surface area contributed by atoms with Gasteiger partial charge in [0.25, 0.3) is 0 Å². The lowest BCUT2D eigenvalue weighted by Crippen LogP contribution is -2.47. The van der Waals surface area contributed by atoms with Gasteiger partial charge in [-0.2, -0.15) is 0 Å². The molecule has 1 saturated heterocycles. The minimum Gasteiger partial charge on any atom is -0.355 e. The Morgan fingerprint density at radius 2 is 2.05 bits per heavy atom. The predicted octanol–water partition coefficient (Wildman–Crippen LogP) is 1.03. The van der Waals surface area contributed by atoms with Gasteiger partial charge in [0, 0.05) is 32.1 Å². The van der Waals surface area contributed by atoms with E-state index in [0.29, 0.717) is 13.1 Å². The minimum absolute atomic E-state index is 0. The van der Waals surface area contributed by atoms with Crippen LogP contribution in [0.1, 0.15) is 33.1 Å². The summed E-state index contributed by atoms with van der Waals surface area (Å²) in [7, 11) is 1.86. The summed E-state index contributed by atoms with van der Waals surface area (Å²) in [6.45, 7) is 6.77. The van der Waals surface area contributed by atoms with E-state index in [1.807, 2.05) is 25.8 Å². The summed E-state index contributed by atoms with van der Waals surface area (Å²) >= 11 is 0. The van der Waals surface area contributed by atoms with E-state index in [0.717, 1.165) is 32.4 Å². The highest BCUT2D eigenvalue weighted by Gasteiger charge is 2.29. The molecule has 6 heteroatoms. The maximum Gasteiger partial charge on any atom is 0.225 e. The van der Waals surface area contributed by atoms with Gasteiger partial charge in [0.1, 0.15) is 0 Å². The van der Waals surface area contributed by atoms with Crippen molar-refractivity contribution in [3.05, 3.63) is 0 Å². The zero-order valence-corrected chi connectivity index (χ0v) is 13.6. The van der Waals surface area contributed by atoms with Gasteiger partial charge in [-0.25, -0.2) is 0 Å². The van der Waals surface area contributed by atoms with Crippen molar-refractivity contribution < 1.29 is 9.59 Å². The van der Waals surface area contributed by atoms with Gasteiger partial charge in [-0.15, -0.1) is 12.4 Å². The van der Waals surface area contributed by atoms with Crippen molar-refractivity contribution in [1.82, 2.24) is 15.5 Å². The van der Waals surface area contributed by atoms with E-state index >= 15 is 0 Å². The van der Waals surface area contributed by atoms with Crippen molar-refractivity contribution in [2.45, 2.75) is 33.1 Å². The SMILES string of the molecule is CCC(C)C(=O)N1CCCC(C(=O)NCCNC)C1.Cl. The number of hydrogen-bond acceptors (Lipinski definition) is 3. The van der Waals surface area contributed by atoms with Gasteiger partial charge in [-0.05, 0) is 26.3 Å². The van der Waals surface area contributed by atoms with Crippen molar-refractivity contribution >= 4 is 24.2 Å². The molecule has 1 aliphatic rings. The van der Waals surface area contributed by atoms with E-state index in [-0.39, 0.29) is 36.1 Å². The molecule has 118 valence electrons. The Kier molecular flexibility index (Phi) is 9.59. The second-order valence-corrected chi connectivity index (χ2v) is 5.33. The lowest BCUT2D eigenvalue weighted by Gasteiger charge is -2.33. The van der Waals surface area contributed by atoms with Gasteiger partial charge in [-0.3, -0.25) is 9.59 Å². The van der Waals surface area contributed by atoms with Crippen LogP contribution in [-0.4, -0.2) is 49.9 Å². The molecule has 0 aliphatic carbocycles. The molecule has 2 amide bonds. The van der Waals surface area contributed by atoms with Crippen LogP contribution >= 0.6 is 12.4 Å². The third kappa shape index (κ3) is 5.67. The third-order valence-corrected chi connectivity index (χ3v) is 3.81. The molecule has 1 rings (SSSR count). The first-order valence-corrected chi connectivity index (χ1v) is 7.31. The molecule has 2 unspecified atom stereocenters. The highest BCUT2D eigenvalue weighted by atomic mass is 35.5. The van der Waals surface area contributed by atoms with Crippen LogP contribution in [0.3, 0.4) is 0 Å². The second-order valence-electron chi connectivity index (χ2n) is 5.33. The quantitative estimate of drug-likeness (QED) is 0.721. The summed E-state index contributed by atoms with van der Waals surface area (Å²) < 4.78 is 0. The van der Waals surface area contributed by atoms with Crippen molar-refractivity contribution in [2.24, 2.45) is 11.8 Å². The Labute approximate surface area is 128 Å². The van der Waals surface area contributed by atoms with E-state index in [4.69, 9.17) is 0 Å². The molecule has 20 heavy (non-hydrogen) atoms. The third-order valence-electron chi connectivity index (χ3n) is 3.81. The van der Waals surface area contributed by atoms with Gasteiger partial charge in [-0.1, -0.05) is 13.8 Å². The van der Waals surface area contributed by atoms with Crippen molar-refractivity contribution in [3.8, 4) is 0 Å².